The van der Waals surface area contributed by atoms with Crippen LogP contribution in [0, 0.1) is 0 Å². The van der Waals surface area contributed by atoms with E-state index in [1.54, 1.807) is 54.6 Å². The number of anilines is 2. The number of nitrogens with one attached hydrogen (secondary N) is 3. The molecule has 1 unspecified atom stereocenters. The van der Waals surface area contributed by atoms with Crippen LogP contribution in [0.15, 0.2) is 61.2 Å². The average molecular weight is 409 g/mol. The molecule has 1 heterocycles. The molecular weight excluding hydrogens is 382 g/mol. The van der Waals surface area contributed by atoms with Gasteiger partial charge in [0.25, 0.3) is 5.91 Å². The molecule has 2 amide bonds. The number of hydrogen-bond donors (Lipinski definition) is 3. The smallest absolute Gasteiger partial charge is 0.251 e. The summed E-state index contributed by atoms with van der Waals surface area (Å²) in [5.74, 6) is 0.411. The number of carbonyl (C=O) groups is 2. The van der Waals surface area contributed by atoms with Gasteiger partial charge in [-0.3, -0.25) is 9.59 Å². The summed E-state index contributed by atoms with van der Waals surface area (Å²) in [6.45, 7) is 5.44. The Morgan fingerprint density at radius 2 is 1.83 bits per heavy atom. The van der Waals surface area contributed by atoms with Gasteiger partial charge in [0.15, 0.2) is 0 Å². The zero-order valence-electron chi connectivity index (χ0n) is 16.9. The third kappa shape index (κ3) is 6.63. The molecule has 0 aliphatic carbocycles. The van der Waals surface area contributed by atoms with Gasteiger partial charge in [-0.25, -0.2) is 0 Å². The molecule has 30 heavy (non-hydrogen) atoms. The molecule has 7 heteroatoms. The van der Waals surface area contributed by atoms with Crippen LogP contribution in [0.5, 0.6) is 5.75 Å². The highest BCUT2D eigenvalue weighted by Gasteiger charge is 2.16. The second-order valence-electron chi connectivity index (χ2n) is 6.95. The van der Waals surface area contributed by atoms with Gasteiger partial charge in [0.05, 0.1) is 12.6 Å². The van der Waals surface area contributed by atoms with Gasteiger partial charge in [-0.1, -0.05) is 12.7 Å². The van der Waals surface area contributed by atoms with E-state index in [2.05, 4.69) is 22.5 Å². The van der Waals surface area contributed by atoms with Crippen LogP contribution in [0.4, 0.5) is 11.4 Å². The minimum absolute atomic E-state index is 0.110. The van der Waals surface area contributed by atoms with Gasteiger partial charge in [-0.2, -0.15) is 0 Å². The third-order valence-electron chi connectivity index (χ3n) is 4.62. The van der Waals surface area contributed by atoms with Crippen LogP contribution in [0.3, 0.4) is 0 Å². The fourth-order valence-electron chi connectivity index (χ4n) is 3.03. The Hall–Kier alpha value is -3.32. The summed E-state index contributed by atoms with van der Waals surface area (Å²) >= 11 is 0. The van der Waals surface area contributed by atoms with Crippen LogP contribution in [0.2, 0.25) is 0 Å². The molecule has 0 saturated carbocycles. The van der Waals surface area contributed by atoms with Gasteiger partial charge < -0.3 is 25.4 Å². The van der Waals surface area contributed by atoms with Gasteiger partial charge in [-0.05, 0) is 61.4 Å². The van der Waals surface area contributed by atoms with Crippen LogP contribution in [-0.4, -0.2) is 44.2 Å². The zero-order chi connectivity index (χ0) is 21.2. The normalized spacial score (nSPS) is 15.3. The van der Waals surface area contributed by atoms with E-state index in [9.17, 15) is 9.59 Å². The van der Waals surface area contributed by atoms with Crippen molar-refractivity contribution >= 4 is 23.2 Å². The molecule has 7 nitrogen and oxygen atoms in total. The van der Waals surface area contributed by atoms with E-state index in [-0.39, 0.29) is 24.5 Å². The lowest BCUT2D eigenvalue weighted by Gasteiger charge is -2.11. The molecule has 0 spiro atoms. The maximum atomic E-state index is 12.2. The Kier molecular flexibility index (Phi) is 7.86. The van der Waals surface area contributed by atoms with Crippen molar-refractivity contribution in [1.82, 2.24) is 5.32 Å². The van der Waals surface area contributed by atoms with E-state index in [4.69, 9.17) is 9.47 Å². The maximum Gasteiger partial charge on any atom is 0.251 e. The Balaban J connectivity index is 1.41. The first-order chi connectivity index (χ1) is 14.6. The van der Waals surface area contributed by atoms with Crippen molar-refractivity contribution in [2.24, 2.45) is 0 Å². The summed E-state index contributed by atoms with van der Waals surface area (Å²) in [6.07, 6.45) is 3.82. The Bertz CT molecular complexity index is 844. The van der Waals surface area contributed by atoms with Crippen LogP contribution in [0.25, 0.3) is 0 Å². The first-order valence-corrected chi connectivity index (χ1v) is 10.0. The number of ether oxygens (including phenoxy) is 2. The minimum Gasteiger partial charge on any atom is -0.490 e. The number of benzene rings is 2. The van der Waals surface area contributed by atoms with E-state index < -0.39 is 0 Å². The summed E-state index contributed by atoms with van der Waals surface area (Å²) in [6, 6.07) is 14.1. The molecule has 3 rings (SSSR count). The number of amides is 2. The summed E-state index contributed by atoms with van der Waals surface area (Å²) in [5.41, 5.74) is 2.02. The molecule has 1 atom stereocenters. The van der Waals surface area contributed by atoms with Gasteiger partial charge >= 0.3 is 0 Å². The SMILES string of the molecule is C=CCOc1ccc(NC(=O)CNc2ccc(C(=O)NCC3CCCO3)cc2)cc1. The monoisotopic (exact) mass is 409 g/mol. The van der Waals surface area contributed by atoms with E-state index in [0.717, 1.165) is 25.1 Å². The molecular formula is C23H27N3O4. The highest BCUT2D eigenvalue weighted by Crippen LogP contribution is 2.16. The largest absolute Gasteiger partial charge is 0.490 e. The minimum atomic E-state index is -0.173. The molecule has 158 valence electrons. The van der Waals surface area contributed by atoms with Gasteiger partial charge in [0, 0.05) is 30.1 Å². The quantitative estimate of drug-likeness (QED) is 0.525. The predicted molar refractivity (Wildman–Crippen MR) is 117 cm³/mol. The predicted octanol–water partition coefficient (Wildman–Crippen LogP) is 3.21. The number of hydrogen-bond acceptors (Lipinski definition) is 5. The molecule has 1 aliphatic heterocycles. The molecule has 2 aromatic rings. The fourth-order valence-corrected chi connectivity index (χ4v) is 3.03. The molecule has 3 N–H and O–H groups in total. The molecule has 1 saturated heterocycles. The van der Waals surface area contributed by atoms with Crippen molar-refractivity contribution in [2.45, 2.75) is 18.9 Å². The lowest BCUT2D eigenvalue weighted by Crippen LogP contribution is -2.31. The average Bonchev–Trinajstić information content (AvgIpc) is 3.30. The van der Waals surface area contributed by atoms with Gasteiger partial charge in [0.2, 0.25) is 5.91 Å². The number of carbonyl (C=O) groups excluding carboxylic acids is 2. The van der Waals surface area contributed by atoms with Crippen LogP contribution < -0.4 is 20.7 Å². The molecule has 0 aromatic heterocycles. The number of rotatable bonds is 10. The first-order valence-electron chi connectivity index (χ1n) is 10.0. The summed E-state index contributed by atoms with van der Waals surface area (Å²) in [4.78, 5) is 24.3. The maximum absolute atomic E-state index is 12.2. The zero-order valence-corrected chi connectivity index (χ0v) is 16.9. The fraction of sp³-hybridized carbons (Fsp3) is 0.304. The standard InChI is InChI=1S/C23H27N3O4/c1-2-13-29-20-11-9-19(10-12-20)26-22(27)16-24-18-7-5-17(6-8-18)23(28)25-15-21-4-3-14-30-21/h2,5-12,21,24H,1,3-4,13-16H2,(H,25,28)(H,26,27). The van der Waals surface area contributed by atoms with Crippen LogP contribution in [-0.2, 0) is 9.53 Å². The third-order valence-corrected chi connectivity index (χ3v) is 4.62. The van der Waals surface area contributed by atoms with Crippen molar-refractivity contribution in [3.8, 4) is 5.75 Å². The molecule has 0 bridgehead atoms. The second kappa shape index (κ2) is 11.0. The molecule has 2 aromatic carbocycles. The first kappa shape index (κ1) is 21.4. The lowest BCUT2D eigenvalue weighted by atomic mass is 10.2. The molecule has 0 radical (unpaired) electrons. The Morgan fingerprint density at radius 3 is 2.50 bits per heavy atom. The Morgan fingerprint density at radius 1 is 1.10 bits per heavy atom. The van der Waals surface area contributed by atoms with E-state index in [1.807, 2.05) is 0 Å². The van der Waals surface area contributed by atoms with E-state index >= 15 is 0 Å². The van der Waals surface area contributed by atoms with Crippen molar-refractivity contribution < 1.29 is 19.1 Å². The van der Waals surface area contributed by atoms with Gasteiger partial charge in [-0.15, -0.1) is 0 Å². The van der Waals surface area contributed by atoms with Crippen LogP contribution in [0.1, 0.15) is 23.2 Å². The van der Waals surface area contributed by atoms with Crippen molar-refractivity contribution in [3.05, 3.63) is 66.7 Å². The Labute approximate surface area is 176 Å². The van der Waals surface area contributed by atoms with Gasteiger partial charge in [0.1, 0.15) is 12.4 Å². The summed E-state index contributed by atoms with van der Waals surface area (Å²) in [5, 5.41) is 8.75. The molecule has 1 fully saturated rings. The van der Waals surface area contributed by atoms with Crippen molar-refractivity contribution in [2.75, 3.05) is 36.9 Å². The van der Waals surface area contributed by atoms with E-state index in [0.29, 0.717) is 30.2 Å². The van der Waals surface area contributed by atoms with E-state index in [1.165, 1.54) is 0 Å². The molecule has 1 aliphatic rings. The van der Waals surface area contributed by atoms with Crippen molar-refractivity contribution in [3.63, 3.8) is 0 Å². The van der Waals surface area contributed by atoms with Crippen LogP contribution >= 0.6 is 0 Å². The lowest BCUT2D eigenvalue weighted by molar-refractivity contribution is -0.114. The summed E-state index contributed by atoms with van der Waals surface area (Å²) in [7, 11) is 0. The highest BCUT2D eigenvalue weighted by molar-refractivity contribution is 5.95. The van der Waals surface area contributed by atoms with Crippen molar-refractivity contribution in [1.29, 1.82) is 0 Å². The second-order valence-corrected chi connectivity index (χ2v) is 6.95. The highest BCUT2D eigenvalue weighted by atomic mass is 16.5. The summed E-state index contributed by atoms with van der Waals surface area (Å²) < 4.78 is 10.9. The topological polar surface area (TPSA) is 88.7 Å².